The fourth-order valence-electron chi connectivity index (χ4n) is 3.40. The molecule has 1 fully saturated rings. The number of anilines is 1. The van der Waals surface area contributed by atoms with E-state index in [9.17, 15) is 19.7 Å². The third-order valence-corrected chi connectivity index (χ3v) is 5.38. The first kappa shape index (κ1) is 21.3. The van der Waals surface area contributed by atoms with Gasteiger partial charge in [0.05, 0.1) is 26.3 Å². The normalized spacial score (nSPS) is 15.6. The Morgan fingerprint density at radius 2 is 2.00 bits per heavy atom. The largest absolute Gasteiger partial charge is 0.493 e. The number of rotatable bonds is 7. The van der Waals surface area contributed by atoms with Crippen molar-refractivity contribution in [3.05, 3.63) is 33.3 Å². The minimum absolute atomic E-state index is 0.00253. The van der Waals surface area contributed by atoms with Crippen molar-refractivity contribution < 1.29 is 28.7 Å². The lowest BCUT2D eigenvalue weighted by Gasteiger charge is -2.24. The van der Waals surface area contributed by atoms with Gasteiger partial charge in [-0.2, -0.15) is 0 Å². The van der Waals surface area contributed by atoms with Crippen molar-refractivity contribution in [1.29, 1.82) is 0 Å². The summed E-state index contributed by atoms with van der Waals surface area (Å²) in [5.41, 5.74) is -0.797. The number of ether oxygens (including phenoxy) is 3. The van der Waals surface area contributed by atoms with Gasteiger partial charge >= 0.3 is 5.69 Å². The van der Waals surface area contributed by atoms with E-state index < -0.39 is 28.5 Å². The lowest BCUT2D eigenvalue weighted by atomic mass is 10.1. The van der Waals surface area contributed by atoms with Crippen LogP contribution in [0.2, 0.25) is 0 Å². The van der Waals surface area contributed by atoms with E-state index in [0.29, 0.717) is 18.0 Å². The molecule has 1 atom stereocenters. The van der Waals surface area contributed by atoms with Crippen LogP contribution in [0.5, 0.6) is 17.2 Å². The number of nitro groups is 1. The SMILES string of the molecule is COc1cc(C(=O)N2CCCC2C(=O)Nc2nccs2)c([N+](=O)[O-])c(OC)c1OC. The van der Waals surface area contributed by atoms with E-state index in [1.807, 2.05) is 0 Å². The maximum absolute atomic E-state index is 13.3. The van der Waals surface area contributed by atoms with Crippen molar-refractivity contribution in [2.45, 2.75) is 18.9 Å². The van der Waals surface area contributed by atoms with Gasteiger partial charge in [0.15, 0.2) is 10.9 Å². The first-order chi connectivity index (χ1) is 14.4. The minimum Gasteiger partial charge on any atom is -0.493 e. The third-order valence-electron chi connectivity index (χ3n) is 4.70. The molecule has 2 heterocycles. The number of likely N-dealkylation sites (tertiary alicyclic amines) is 1. The lowest BCUT2D eigenvalue weighted by Crippen LogP contribution is -2.43. The summed E-state index contributed by atoms with van der Waals surface area (Å²) in [6, 6.07) is 0.454. The Morgan fingerprint density at radius 1 is 1.27 bits per heavy atom. The molecule has 2 amide bonds. The number of amides is 2. The number of thiazole rings is 1. The molecule has 30 heavy (non-hydrogen) atoms. The van der Waals surface area contributed by atoms with Crippen LogP contribution in [0.4, 0.5) is 10.8 Å². The van der Waals surface area contributed by atoms with Gasteiger partial charge in [-0.15, -0.1) is 11.3 Å². The minimum atomic E-state index is -0.778. The number of nitro benzene ring substituents is 1. The predicted molar refractivity (Wildman–Crippen MR) is 108 cm³/mol. The van der Waals surface area contributed by atoms with Crippen molar-refractivity contribution in [3.63, 3.8) is 0 Å². The topological polar surface area (TPSA) is 133 Å². The van der Waals surface area contributed by atoms with Gasteiger partial charge in [0.1, 0.15) is 11.6 Å². The molecule has 0 aliphatic carbocycles. The van der Waals surface area contributed by atoms with E-state index in [2.05, 4.69) is 10.3 Å². The molecule has 3 rings (SSSR count). The van der Waals surface area contributed by atoms with Gasteiger partial charge in [0, 0.05) is 24.2 Å². The number of nitrogens with one attached hydrogen (secondary N) is 1. The summed E-state index contributed by atoms with van der Waals surface area (Å²) in [6.45, 7) is 0.280. The summed E-state index contributed by atoms with van der Waals surface area (Å²) in [4.78, 5) is 42.4. The lowest BCUT2D eigenvalue weighted by molar-refractivity contribution is -0.386. The highest BCUT2D eigenvalue weighted by Crippen LogP contribution is 2.46. The van der Waals surface area contributed by atoms with Crippen LogP contribution in [-0.2, 0) is 4.79 Å². The molecule has 2 aromatic rings. The molecule has 160 valence electrons. The molecule has 1 aromatic heterocycles. The highest BCUT2D eigenvalue weighted by atomic mass is 32.1. The number of carbonyl (C=O) groups excluding carboxylic acids is 2. The molecule has 1 aliphatic rings. The Morgan fingerprint density at radius 3 is 2.57 bits per heavy atom. The van der Waals surface area contributed by atoms with Crippen LogP contribution < -0.4 is 19.5 Å². The Kier molecular flexibility index (Phi) is 6.35. The molecule has 0 radical (unpaired) electrons. The van der Waals surface area contributed by atoms with E-state index in [-0.39, 0.29) is 29.4 Å². The molecular weight excluding hydrogens is 416 g/mol. The molecule has 1 aromatic carbocycles. The summed E-state index contributed by atoms with van der Waals surface area (Å²) < 4.78 is 15.6. The summed E-state index contributed by atoms with van der Waals surface area (Å²) in [5.74, 6) is -1.19. The Labute approximate surface area is 175 Å². The highest BCUT2D eigenvalue weighted by Gasteiger charge is 2.40. The zero-order valence-electron chi connectivity index (χ0n) is 16.5. The van der Waals surface area contributed by atoms with Crippen molar-refractivity contribution in [2.75, 3.05) is 33.2 Å². The summed E-state index contributed by atoms with van der Waals surface area (Å²) in [7, 11) is 3.89. The van der Waals surface area contributed by atoms with Gasteiger partial charge in [-0.1, -0.05) is 0 Å². The van der Waals surface area contributed by atoms with Gasteiger partial charge in [-0.05, 0) is 12.8 Å². The maximum Gasteiger partial charge on any atom is 0.327 e. The molecular formula is C18H20N4O7S. The van der Waals surface area contributed by atoms with E-state index in [1.165, 1.54) is 43.6 Å². The number of hydrogen-bond acceptors (Lipinski definition) is 9. The van der Waals surface area contributed by atoms with Crippen molar-refractivity contribution in [2.24, 2.45) is 0 Å². The number of hydrogen-bond donors (Lipinski definition) is 1. The van der Waals surface area contributed by atoms with Crippen LogP contribution in [0.1, 0.15) is 23.2 Å². The van der Waals surface area contributed by atoms with Gasteiger partial charge in [0.25, 0.3) is 5.91 Å². The Hall–Kier alpha value is -3.41. The smallest absolute Gasteiger partial charge is 0.327 e. The molecule has 1 N–H and O–H groups in total. The van der Waals surface area contributed by atoms with E-state index in [4.69, 9.17) is 14.2 Å². The summed E-state index contributed by atoms with van der Waals surface area (Å²) >= 11 is 1.25. The molecule has 11 nitrogen and oxygen atoms in total. The van der Waals surface area contributed by atoms with E-state index in [0.717, 1.165) is 0 Å². The Balaban J connectivity index is 2.00. The second-order valence-electron chi connectivity index (χ2n) is 6.28. The van der Waals surface area contributed by atoms with Crippen LogP contribution in [0.25, 0.3) is 0 Å². The number of nitrogens with zero attached hydrogens (tertiary/aromatic N) is 3. The predicted octanol–water partition coefficient (Wildman–Crippen LogP) is 2.32. The molecule has 0 spiro atoms. The molecule has 1 unspecified atom stereocenters. The monoisotopic (exact) mass is 436 g/mol. The fraction of sp³-hybridized carbons (Fsp3) is 0.389. The van der Waals surface area contributed by atoms with Gasteiger partial charge < -0.3 is 24.4 Å². The van der Waals surface area contributed by atoms with Crippen molar-refractivity contribution >= 4 is 34.0 Å². The average Bonchev–Trinajstić information content (AvgIpc) is 3.43. The van der Waals surface area contributed by atoms with Crippen LogP contribution in [0, 0.1) is 10.1 Å². The molecule has 1 aliphatic heterocycles. The number of aromatic nitrogens is 1. The summed E-state index contributed by atoms with van der Waals surface area (Å²) in [6.07, 6.45) is 2.57. The summed E-state index contributed by atoms with van der Waals surface area (Å²) in [5, 5.41) is 16.6. The molecule has 12 heteroatoms. The third kappa shape index (κ3) is 3.85. The number of carbonyl (C=O) groups is 2. The van der Waals surface area contributed by atoms with Crippen LogP contribution >= 0.6 is 11.3 Å². The quantitative estimate of drug-likeness (QED) is 0.516. The first-order valence-corrected chi connectivity index (χ1v) is 9.79. The Bertz CT molecular complexity index is 964. The van der Waals surface area contributed by atoms with Crippen LogP contribution in [-0.4, -0.2) is 60.5 Å². The van der Waals surface area contributed by atoms with Crippen molar-refractivity contribution in [3.8, 4) is 17.2 Å². The second kappa shape index (κ2) is 8.95. The van der Waals surface area contributed by atoms with Gasteiger partial charge in [0.2, 0.25) is 17.4 Å². The first-order valence-electron chi connectivity index (χ1n) is 8.91. The zero-order chi connectivity index (χ0) is 21.8. The van der Waals surface area contributed by atoms with E-state index in [1.54, 1.807) is 11.6 Å². The highest BCUT2D eigenvalue weighted by molar-refractivity contribution is 7.13. The molecule has 0 bridgehead atoms. The standard InChI is InChI=1S/C18H20N4O7S/c1-27-12-9-10(13(22(25)26)15(29-3)14(12)28-2)17(24)21-7-4-5-11(21)16(23)20-18-19-6-8-30-18/h6,8-9,11H,4-5,7H2,1-3H3,(H,19,20,23). The fourth-order valence-corrected chi connectivity index (χ4v) is 3.93. The van der Waals surface area contributed by atoms with Gasteiger partial charge in [-0.3, -0.25) is 19.7 Å². The zero-order valence-corrected chi connectivity index (χ0v) is 17.4. The molecule has 1 saturated heterocycles. The second-order valence-corrected chi connectivity index (χ2v) is 7.18. The van der Waals surface area contributed by atoms with Crippen molar-refractivity contribution in [1.82, 2.24) is 9.88 Å². The van der Waals surface area contributed by atoms with E-state index >= 15 is 0 Å². The van der Waals surface area contributed by atoms with Crippen LogP contribution in [0.15, 0.2) is 17.6 Å². The number of methoxy groups -OCH3 is 3. The average molecular weight is 436 g/mol. The number of benzene rings is 1. The van der Waals surface area contributed by atoms with Crippen LogP contribution in [0.3, 0.4) is 0 Å². The maximum atomic E-state index is 13.3. The molecule has 0 saturated carbocycles. The van der Waals surface area contributed by atoms with Gasteiger partial charge in [-0.25, -0.2) is 4.98 Å².